The first-order chi connectivity index (χ1) is 12.0. The molecule has 25 heavy (non-hydrogen) atoms. The van der Waals surface area contributed by atoms with Gasteiger partial charge in [-0.3, -0.25) is 0 Å². The molecule has 6 nitrogen and oxygen atoms in total. The third-order valence-corrected chi connectivity index (χ3v) is 3.94. The molecule has 0 atom stereocenters. The van der Waals surface area contributed by atoms with Crippen molar-refractivity contribution < 1.29 is 24.5 Å². The Morgan fingerprint density at radius 1 is 1.08 bits per heavy atom. The molecule has 0 saturated heterocycles. The summed E-state index contributed by atoms with van der Waals surface area (Å²) in [5.41, 5.74) is 1.57. The highest BCUT2D eigenvalue weighted by Crippen LogP contribution is 2.30. The van der Waals surface area contributed by atoms with Crippen LogP contribution in [0.5, 0.6) is 5.75 Å². The Labute approximate surface area is 147 Å². The molecular weight excluding hydrogens is 346 g/mol. The molecule has 0 bridgehead atoms. The second-order valence-corrected chi connectivity index (χ2v) is 5.86. The van der Waals surface area contributed by atoms with Crippen LogP contribution in [-0.4, -0.2) is 33.3 Å². The minimum atomic E-state index is -1.10. The zero-order chi connectivity index (χ0) is 18.0. The van der Waals surface area contributed by atoms with Crippen LogP contribution in [0.3, 0.4) is 0 Å². The van der Waals surface area contributed by atoms with Gasteiger partial charge in [-0.25, -0.2) is 9.59 Å². The van der Waals surface area contributed by atoms with Crippen LogP contribution >= 0.6 is 11.6 Å². The van der Waals surface area contributed by atoms with Crippen LogP contribution in [0, 0.1) is 0 Å². The average molecular weight is 360 g/mol. The zero-order valence-corrected chi connectivity index (χ0v) is 13.7. The molecule has 3 rings (SSSR count). The summed E-state index contributed by atoms with van der Waals surface area (Å²) in [5, 5.41) is 19.4. The van der Waals surface area contributed by atoms with E-state index < -0.39 is 18.5 Å². The fourth-order valence-electron chi connectivity index (χ4n) is 2.69. The Kier molecular flexibility index (Phi) is 4.63. The summed E-state index contributed by atoms with van der Waals surface area (Å²) in [5.74, 6) is -1.86. The molecule has 0 saturated carbocycles. The van der Waals surface area contributed by atoms with Crippen molar-refractivity contribution in [3.63, 3.8) is 0 Å². The average Bonchev–Trinajstić information content (AvgIpc) is 2.92. The summed E-state index contributed by atoms with van der Waals surface area (Å²) in [6, 6.07) is 13.7. The van der Waals surface area contributed by atoms with E-state index in [2.05, 4.69) is 0 Å². The molecule has 2 aromatic carbocycles. The van der Waals surface area contributed by atoms with E-state index in [1.165, 1.54) is 6.07 Å². The van der Waals surface area contributed by atoms with E-state index in [-0.39, 0.29) is 5.69 Å². The summed E-state index contributed by atoms with van der Waals surface area (Å²) in [6.07, 6.45) is 0. The molecule has 0 unspecified atom stereocenters. The van der Waals surface area contributed by atoms with Gasteiger partial charge in [-0.05, 0) is 35.9 Å². The van der Waals surface area contributed by atoms with Gasteiger partial charge in [0, 0.05) is 17.0 Å². The molecule has 2 N–H and O–H groups in total. The maximum Gasteiger partial charge on any atom is 0.352 e. The number of hydrogen-bond donors (Lipinski definition) is 2. The van der Waals surface area contributed by atoms with Crippen LogP contribution < -0.4 is 4.74 Å². The highest BCUT2D eigenvalue weighted by molar-refractivity contribution is 6.30. The first-order valence-corrected chi connectivity index (χ1v) is 7.78. The number of hydrogen-bond acceptors (Lipinski definition) is 3. The second-order valence-electron chi connectivity index (χ2n) is 5.42. The van der Waals surface area contributed by atoms with E-state index in [0.29, 0.717) is 28.2 Å². The van der Waals surface area contributed by atoms with Crippen LogP contribution in [0.25, 0.3) is 10.9 Å². The Bertz CT molecular complexity index is 963. The molecule has 0 aliphatic rings. The summed E-state index contributed by atoms with van der Waals surface area (Å²) in [7, 11) is 0. The Morgan fingerprint density at radius 3 is 2.52 bits per heavy atom. The number of carboxylic acids is 2. The highest BCUT2D eigenvalue weighted by Gasteiger charge is 2.18. The maximum absolute atomic E-state index is 11.6. The molecule has 1 heterocycles. The van der Waals surface area contributed by atoms with Crippen LogP contribution in [-0.2, 0) is 11.3 Å². The van der Waals surface area contributed by atoms with Crippen molar-refractivity contribution in [1.29, 1.82) is 0 Å². The van der Waals surface area contributed by atoms with Crippen molar-refractivity contribution in [2.45, 2.75) is 6.54 Å². The molecule has 0 aliphatic carbocycles. The third-order valence-electron chi connectivity index (χ3n) is 3.71. The predicted octanol–water partition coefficient (Wildman–Crippen LogP) is 3.50. The molecule has 3 aromatic rings. The number of fused-ring (bicyclic) bond motifs is 1. The summed E-state index contributed by atoms with van der Waals surface area (Å²) >= 11 is 6.00. The largest absolute Gasteiger partial charge is 0.481 e. The number of aromatic nitrogens is 1. The van der Waals surface area contributed by atoms with Gasteiger partial charge in [0.2, 0.25) is 0 Å². The fraction of sp³-hybridized carbons (Fsp3) is 0.111. The Balaban J connectivity index is 2.09. The number of carbonyl (C=O) groups is 2. The number of rotatable bonds is 6. The zero-order valence-electron chi connectivity index (χ0n) is 13.0. The number of aromatic carboxylic acids is 1. The lowest BCUT2D eigenvalue weighted by atomic mass is 10.2. The number of halogens is 1. The summed E-state index contributed by atoms with van der Waals surface area (Å²) < 4.78 is 6.91. The van der Waals surface area contributed by atoms with E-state index in [1.54, 1.807) is 41.0 Å². The van der Waals surface area contributed by atoms with Gasteiger partial charge in [0.25, 0.3) is 0 Å². The van der Waals surface area contributed by atoms with Gasteiger partial charge in [-0.2, -0.15) is 0 Å². The van der Waals surface area contributed by atoms with Crippen LogP contribution in [0.2, 0.25) is 5.02 Å². The molecule has 0 amide bonds. The van der Waals surface area contributed by atoms with Gasteiger partial charge in [0.1, 0.15) is 11.4 Å². The molecule has 128 valence electrons. The van der Waals surface area contributed by atoms with Crippen molar-refractivity contribution in [2.24, 2.45) is 0 Å². The quantitative estimate of drug-likeness (QED) is 0.703. The molecule has 0 radical (unpaired) electrons. The summed E-state index contributed by atoms with van der Waals surface area (Å²) in [4.78, 5) is 22.4. The van der Waals surface area contributed by atoms with Gasteiger partial charge in [0.15, 0.2) is 6.61 Å². The van der Waals surface area contributed by atoms with Crippen molar-refractivity contribution in [1.82, 2.24) is 4.57 Å². The predicted molar refractivity (Wildman–Crippen MR) is 92.6 cm³/mol. The van der Waals surface area contributed by atoms with Crippen molar-refractivity contribution >= 4 is 34.4 Å². The molecule has 1 aromatic heterocycles. The molecule has 0 aliphatic heterocycles. The molecular formula is C18H14ClNO5. The number of aliphatic carboxylic acids is 1. The first kappa shape index (κ1) is 16.9. The van der Waals surface area contributed by atoms with Gasteiger partial charge < -0.3 is 19.5 Å². The van der Waals surface area contributed by atoms with Crippen LogP contribution in [0.4, 0.5) is 0 Å². The minimum absolute atomic E-state index is 0.0846. The fourth-order valence-corrected chi connectivity index (χ4v) is 2.90. The smallest absolute Gasteiger partial charge is 0.352 e. The number of ether oxygens (including phenoxy) is 1. The van der Waals surface area contributed by atoms with Crippen LogP contribution in [0.1, 0.15) is 16.1 Å². The van der Waals surface area contributed by atoms with E-state index >= 15 is 0 Å². The van der Waals surface area contributed by atoms with E-state index in [4.69, 9.17) is 21.4 Å². The number of carboxylic acid groups (broad SMARTS) is 2. The monoisotopic (exact) mass is 359 g/mol. The lowest BCUT2D eigenvalue weighted by Gasteiger charge is -2.10. The van der Waals surface area contributed by atoms with Gasteiger partial charge in [-0.1, -0.05) is 29.8 Å². The Morgan fingerprint density at radius 2 is 1.84 bits per heavy atom. The van der Waals surface area contributed by atoms with Gasteiger partial charge >= 0.3 is 11.9 Å². The normalized spacial score (nSPS) is 10.8. The number of benzene rings is 2. The van der Waals surface area contributed by atoms with Crippen LogP contribution in [0.15, 0.2) is 48.5 Å². The second kappa shape index (κ2) is 6.86. The molecule has 0 fully saturated rings. The first-order valence-electron chi connectivity index (χ1n) is 7.40. The summed E-state index contributed by atoms with van der Waals surface area (Å²) in [6.45, 7) is -0.185. The van der Waals surface area contributed by atoms with Gasteiger partial charge in [-0.15, -0.1) is 0 Å². The lowest BCUT2D eigenvalue weighted by molar-refractivity contribution is -0.139. The van der Waals surface area contributed by atoms with E-state index in [1.807, 2.05) is 6.07 Å². The highest BCUT2D eigenvalue weighted by atomic mass is 35.5. The SMILES string of the molecule is O=C(O)COc1cccc2c1cc(C(=O)O)n2Cc1cccc(Cl)c1. The van der Waals surface area contributed by atoms with E-state index in [0.717, 1.165) is 5.56 Å². The third kappa shape index (κ3) is 3.59. The maximum atomic E-state index is 11.6. The van der Waals surface area contributed by atoms with Crippen molar-refractivity contribution in [3.05, 3.63) is 64.8 Å². The standard InChI is InChI=1S/C18H14ClNO5/c19-12-4-1-3-11(7-12)9-20-14-5-2-6-16(25-10-17(21)22)13(14)8-15(20)18(23)24/h1-8H,9-10H2,(H,21,22)(H,23,24). The van der Waals surface area contributed by atoms with E-state index in [9.17, 15) is 14.7 Å². The lowest BCUT2D eigenvalue weighted by Crippen LogP contribution is -2.10. The molecule has 7 heteroatoms. The van der Waals surface area contributed by atoms with Crippen molar-refractivity contribution in [3.8, 4) is 5.75 Å². The van der Waals surface area contributed by atoms with Crippen molar-refractivity contribution in [2.75, 3.05) is 6.61 Å². The minimum Gasteiger partial charge on any atom is -0.481 e. The Hall–Kier alpha value is -2.99. The van der Waals surface area contributed by atoms with Gasteiger partial charge in [0.05, 0.1) is 5.52 Å². The molecule has 0 spiro atoms. The topological polar surface area (TPSA) is 88.8 Å². The number of nitrogens with zero attached hydrogens (tertiary/aromatic N) is 1.